The summed E-state index contributed by atoms with van der Waals surface area (Å²) in [7, 11) is 0. The van der Waals surface area contributed by atoms with E-state index in [9.17, 15) is 9.18 Å². The number of piperidine rings is 1. The highest BCUT2D eigenvalue weighted by Gasteiger charge is 2.29. The summed E-state index contributed by atoms with van der Waals surface area (Å²) in [4.78, 5) is 18.5. The molecule has 2 aromatic heterocycles. The van der Waals surface area contributed by atoms with E-state index in [4.69, 9.17) is 19.7 Å². The Hall–Kier alpha value is -3.36. The van der Waals surface area contributed by atoms with Crippen LogP contribution in [0.4, 0.5) is 10.2 Å². The van der Waals surface area contributed by atoms with Crippen molar-refractivity contribution in [1.82, 2.24) is 14.6 Å². The van der Waals surface area contributed by atoms with Crippen LogP contribution in [-0.2, 0) is 0 Å². The quantitative estimate of drug-likeness (QED) is 0.632. The van der Waals surface area contributed by atoms with Crippen LogP contribution in [0, 0.1) is 12.7 Å². The maximum atomic E-state index is 14.6. The van der Waals surface area contributed by atoms with Crippen molar-refractivity contribution < 1.29 is 24.1 Å². The third kappa shape index (κ3) is 3.64. The molecule has 2 atom stereocenters. The van der Waals surface area contributed by atoms with Crippen LogP contribution in [0.2, 0.25) is 0 Å². The lowest BCUT2D eigenvalue weighted by Gasteiger charge is -2.39. The summed E-state index contributed by atoms with van der Waals surface area (Å²) in [5.74, 6) is -0.854. The summed E-state index contributed by atoms with van der Waals surface area (Å²) in [6, 6.07) is 5.54. The van der Waals surface area contributed by atoms with Crippen molar-refractivity contribution in [3.8, 4) is 17.2 Å². The highest BCUT2D eigenvalue weighted by atomic mass is 19.1. The van der Waals surface area contributed by atoms with E-state index in [1.54, 1.807) is 0 Å². The fourth-order valence-electron chi connectivity index (χ4n) is 4.01. The van der Waals surface area contributed by atoms with Crippen LogP contribution in [0.1, 0.15) is 30.8 Å². The molecule has 2 aliphatic rings. The molecule has 1 fully saturated rings. The molecule has 0 unspecified atom stereocenters. The molecule has 0 aliphatic carbocycles. The zero-order valence-corrected chi connectivity index (χ0v) is 17.0. The van der Waals surface area contributed by atoms with Crippen molar-refractivity contribution in [2.75, 3.05) is 24.6 Å². The van der Waals surface area contributed by atoms with Crippen molar-refractivity contribution in [1.29, 1.82) is 0 Å². The summed E-state index contributed by atoms with van der Waals surface area (Å²) in [5, 5.41) is 4.52. The number of aromatic nitrogens is 3. The second-order valence-electron chi connectivity index (χ2n) is 7.65. The monoisotopic (exact) mass is 430 g/mol. The number of benzene rings is 1. The van der Waals surface area contributed by atoms with Gasteiger partial charge in [0.1, 0.15) is 25.0 Å². The molecule has 8 nitrogen and oxygen atoms in total. The van der Waals surface area contributed by atoms with Crippen LogP contribution < -0.4 is 24.7 Å². The lowest BCUT2D eigenvalue weighted by molar-refractivity contribution is 0.146. The Morgan fingerprint density at radius 1 is 1.29 bits per heavy atom. The van der Waals surface area contributed by atoms with Gasteiger partial charge in [-0.25, -0.2) is 9.37 Å². The number of hydrogen-bond acceptors (Lipinski definition) is 7. The van der Waals surface area contributed by atoms with E-state index in [1.165, 1.54) is 22.8 Å². The van der Waals surface area contributed by atoms with Crippen LogP contribution in [0.25, 0.3) is 5.65 Å². The van der Waals surface area contributed by atoms with Gasteiger partial charge in [0.05, 0.1) is 5.48 Å². The number of fused-ring (bicyclic) bond motifs is 2. The number of rotatable bonds is 3. The molecule has 1 aromatic carbocycles. The predicted octanol–water partition coefficient (Wildman–Crippen LogP) is 2.74. The van der Waals surface area contributed by atoms with E-state index in [0.29, 0.717) is 30.9 Å². The lowest BCUT2D eigenvalue weighted by atomic mass is 10.00. The number of hydrogen-bond donors (Lipinski definition) is 0. The molecule has 5 rings (SSSR count). The van der Waals surface area contributed by atoms with Crippen LogP contribution in [0.3, 0.4) is 0 Å². The Labute approximate surface area is 183 Å². The van der Waals surface area contributed by atoms with E-state index in [1.807, 2.05) is 19.9 Å². The van der Waals surface area contributed by atoms with Gasteiger partial charge >= 0.3 is 0 Å². The van der Waals surface area contributed by atoms with Crippen molar-refractivity contribution in [3.63, 3.8) is 0 Å². The van der Waals surface area contributed by atoms with Gasteiger partial charge in [0.2, 0.25) is 0 Å². The molecule has 31 heavy (non-hydrogen) atoms. The highest BCUT2D eigenvalue weighted by molar-refractivity contribution is 5.53. The van der Waals surface area contributed by atoms with Crippen molar-refractivity contribution in [2.45, 2.75) is 38.8 Å². The van der Waals surface area contributed by atoms with Crippen LogP contribution in [0.5, 0.6) is 17.2 Å². The van der Waals surface area contributed by atoms with Gasteiger partial charge in [0.15, 0.2) is 28.8 Å². The second-order valence-corrected chi connectivity index (χ2v) is 7.65. The van der Waals surface area contributed by atoms with E-state index in [2.05, 4.69) is 15.0 Å². The Morgan fingerprint density at radius 3 is 2.97 bits per heavy atom. The van der Waals surface area contributed by atoms with E-state index >= 15 is 0 Å². The highest BCUT2D eigenvalue weighted by Crippen LogP contribution is 2.38. The largest absolute Gasteiger partial charge is 0.490 e. The van der Waals surface area contributed by atoms with Crippen LogP contribution >= 0.6 is 0 Å². The first-order valence-electron chi connectivity index (χ1n) is 12.0. The topological polar surface area (TPSA) is 78.2 Å². The summed E-state index contributed by atoms with van der Waals surface area (Å²) in [6.45, 7) is -1.14. The van der Waals surface area contributed by atoms with Gasteiger partial charge in [-0.15, -0.1) is 5.10 Å². The first-order valence-corrected chi connectivity index (χ1v) is 9.96. The molecule has 162 valence electrons. The minimum absolute atomic E-state index is 0.00629. The first kappa shape index (κ1) is 15.4. The van der Waals surface area contributed by atoms with Gasteiger partial charge in [-0.1, -0.05) is 0 Å². The second kappa shape index (κ2) is 7.72. The molecule has 1 saturated heterocycles. The lowest BCUT2D eigenvalue weighted by Crippen LogP contribution is -2.45. The summed E-state index contributed by atoms with van der Waals surface area (Å²) >= 11 is 0. The molecule has 0 bridgehead atoms. The Balaban J connectivity index is 1.34. The third-order valence-corrected chi connectivity index (χ3v) is 5.48. The molecule has 0 N–H and O–H groups in total. The Bertz CT molecular complexity index is 1370. The van der Waals surface area contributed by atoms with E-state index in [0.717, 1.165) is 11.6 Å². The average molecular weight is 430 g/mol. The maximum Gasteiger partial charge on any atom is 0.274 e. The Kier molecular flexibility index (Phi) is 3.84. The molecule has 0 amide bonds. The maximum absolute atomic E-state index is 14.6. The summed E-state index contributed by atoms with van der Waals surface area (Å²) in [5.41, 5.74) is 1.10. The fourth-order valence-corrected chi connectivity index (χ4v) is 4.01. The minimum atomic E-state index is -2.85. The normalized spacial score (nSPS) is 25.8. The standard InChI is InChI=1S/C22H23FN4O4/c1-13-9-19-24-5-3-20(28)27(19)25-22(13)26-6-4-15(10-14(26)2)31-16-11-17(23)21-18(12-16)29-7-8-30-21/h3,5,9,11-12,14-15H,4,6-8,10H2,1-2H3/t14-,15+/m1/s1/i7D2,8D2. The molecule has 0 radical (unpaired) electrons. The molecule has 9 heteroatoms. The van der Waals surface area contributed by atoms with Gasteiger partial charge in [-0.05, 0) is 25.5 Å². The zero-order valence-electron chi connectivity index (χ0n) is 21.0. The molecular formula is C22H23FN4O4. The number of aryl methyl sites for hydroxylation is 1. The smallest absolute Gasteiger partial charge is 0.274 e. The SMILES string of the molecule is [2H]C1([2H])Oc2cc(O[C@H]3CCN(c4nn5c(=O)ccnc5cc4C)[C@H](C)C3)cc(F)c2OC1([2H])[2H]. The third-order valence-electron chi connectivity index (χ3n) is 5.48. The summed E-state index contributed by atoms with van der Waals surface area (Å²) < 4.78 is 62.5. The Morgan fingerprint density at radius 2 is 2.13 bits per heavy atom. The van der Waals surface area contributed by atoms with Gasteiger partial charge < -0.3 is 19.1 Å². The van der Waals surface area contributed by atoms with Crippen molar-refractivity contribution in [2.24, 2.45) is 0 Å². The number of nitrogens with zero attached hydrogens (tertiary/aromatic N) is 4. The van der Waals surface area contributed by atoms with Gasteiger partial charge in [-0.2, -0.15) is 4.52 Å². The van der Waals surface area contributed by atoms with Crippen molar-refractivity contribution in [3.05, 3.63) is 52.2 Å². The number of ether oxygens (including phenoxy) is 3. The average Bonchev–Trinajstić information content (AvgIpc) is 2.75. The molecule has 4 heterocycles. The van der Waals surface area contributed by atoms with E-state index in [-0.39, 0.29) is 29.2 Å². The van der Waals surface area contributed by atoms with Crippen LogP contribution in [-0.4, -0.2) is 46.4 Å². The predicted molar refractivity (Wildman–Crippen MR) is 112 cm³/mol. The molecular weight excluding hydrogens is 403 g/mol. The van der Waals surface area contributed by atoms with Crippen LogP contribution in [0.15, 0.2) is 35.3 Å². The fraction of sp³-hybridized carbons (Fsp3) is 0.409. The first-order chi connectivity index (χ1) is 16.4. The van der Waals surface area contributed by atoms with Gasteiger partial charge in [-0.3, -0.25) is 4.79 Å². The number of halogens is 1. The van der Waals surface area contributed by atoms with Gasteiger partial charge in [0.25, 0.3) is 5.56 Å². The summed E-state index contributed by atoms with van der Waals surface area (Å²) in [6.07, 6.45) is 2.36. The minimum Gasteiger partial charge on any atom is -0.490 e. The zero-order chi connectivity index (χ0) is 25.1. The molecule has 3 aromatic rings. The van der Waals surface area contributed by atoms with E-state index < -0.39 is 24.7 Å². The molecule has 0 spiro atoms. The molecule has 0 saturated carbocycles. The number of anilines is 1. The van der Waals surface area contributed by atoms with Gasteiger partial charge in [0, 0.05) is 49.8 Å². The van der Waals surface area contributed by atoms with Crippen molar-refractivity contribution >= 4 is 11.5 Å². The molecule has 2 aliphatic heterocycles.